The second-order valence-electron chi connectivity index (χ2n) is 2.37. The molecule has 0 aromatic rings. The molecule has 0 aliphatic carbocycles. The summed E-state index contributed by atoms with van der Waals surface area (Å²) in [7, 11) is 2.04. The molecule has 0 bridgehead atoms. The monoisotopic (exact) mass is 143 g/mol. The lowest BCUT2D eigenvalue weighted by Crippen LogP contribution is -2.29. The first-order chi connectivity index (χ1) is 4.79. The van der Waals surface area contributed by atoms with Gasteiger partial charge in [-0.25, -0.2) is 0 Å². The molecular weight excluding hydrogens is 130 g/mol. The van der Waals surface area contributed by atoms with Crippen molar-refractivity contribution in [1.29, 1.82) is 0 Å². The maximum Gasteiger partial charge on any atom is 0.271 e. The van der Waals surface area contributed by atoms with Crippen molar-refractivity contribution < 1.29 is 9.47 Å². The van der Waals surface area contributed by atoms with E-state index >= 15 is 0 Å². The molecule has 0 amide bonds. The summed E-state index contributed by atoms with van der Waals surface area (Å²) in [6, 6.07) is 0. The highest BCUT2D eigenvalue weighted by atomic mass is 16.7. The standard InChI is InChI=1S/C7H13NO2/c1-7-9-5-3-8(2)4-6-10-7/h1,3-6H2,2H3. The summed E-state index contributed by atoms with van der Waals surface area (Å²) in [5.74, 6) is 0.452. The van der Waals surface area contributed by atoms with Gasteiger partial charge in [-0.3, -0.25) is 4.90 Å². The van der Waals surface area contributed by atoms with Gasteiger partial charge in [0.1, 0.15) is 13.2 Å². The van der Waals surface area contributed by atoms with E-state index in [2.05, 4.69) is 11.5 Å². The van der Waals surface area contributed by atoms with Gasteiger partial charge in [-0.05, 0) is 13.6 Å². The number of hydrogen-bond acceptors (Lipinski definition) is 3. The predicted octanol–water partition coefficient (Wildman–Crippen LogP) is 0.436. The van der Waals surface area contributed by atoms with Gasteiger partial charge in [-0.2, -0.15) is 0 Å². The zero-order chi connectivity index (χ0) is 7.40. The molecule has 0 N–H and O–H groups in total. The van der Waals surface area contributed by atoms with Gasteiger partial charge in [-0.15, -0.1) is 0 Å². The van der Waals surface area contributed by atoms with Crippen LogP contribution in [0.15, 0.2) is 12.5 Å². The van der Waals surface area contributed by atoms with Gasteiger partial charge in [0.2, 0.25) is 0 Å². The van der Waals surface area contributed by atoms with Crippen LogP contribution in [0.4, 0.5) is 0 Å². The smallest absolute Gasteiger partial charge is 0.271 e. The van der Waals surface area contributed by atoms with Crippen LogP contribution in [-0.2, 0) is 9.47 Å². The van der Waals surface area contributed by atoms with Crippen molar-refractivity contribution in [2.24, 2.45) is 0 Å². The molecule has 1 fully saturated rings. The molecule has 3 nitrogen and oxygen atoms in total. The number of likely N-dealkylation sites (N-methyl/N-ethyl adjacent to an activating group) is 1. The summed E-state index contributed by atoms with van der Waals surface area (Å²) < 4.78 is 10.2. The first kappa shape index (κ1) is 7.41. The Bertz CT molecular complexity index is 113. The quantitative estimate of drug-likeness (QED) is 0.491. The van der Waals surface area contributed by atoms with Gasteiger partial charge >= 0.3 is 0 Å². The van der Waals surface area contributed by atoms with Crippen molar-refractivity contribution in [3.8, 4) is 0 Å². The normalized spacial score (nSPS) is 22.3. The van der Waals surface area contributed by atoms with E-state index in [0.29, 0.717) is 19.2 Å². The lowest BCUT2D eigenvalue weighted by atomic mass is 10.5. The Morgan fingerprint density at radius 3 is 2.30 bits per heavy atom. The highest BCUT2D eigenvalue weighted by molar-refractivity contribution is 4.70. The summed E-state index contributed by atoms with van der Waals surface area (Å²) in [6.45, 7) is 6.82. The van der Waals surface area contributed by atoms with Gasteiger partial charge in [0.25, 0.3) is 5.95 Å². The Morgan fingerprint density at radius 1 is 1.30 bits per heavy atom. The molecule has 0 radical (unpaired) electrons. The summed E-state index contributed by atoms with van der Waals surface area (Å²) in [5, 5.41) is 0. The molecule has 0 aromatic carbocycles. The Kier molecular flexibility index (Phi) is 2.57. The third kappa shape index (κ3) is 2.27. The molecule has 0 unspecified atom stereocenters. The van der Waals surface area contributed by atoms with E-state index in [-0.39, 0.29) is 0 Å². The SMILES string of the molecule is C=C1OCCN(C)CCO1. The zero-order valence-corrected chi connectivity index (χ0v) is 6.30. The fourth-order valence-corrected chi connectivity index (χ4v) is 0.784. The maximum atomic E-state index is 5.09. The van der Waals surface area contributed by atoms with Gasteiger partial charge in [0.15, 0.2) is 0 Å². The number of rotatable bonds is 0. The van der Waals surface area contributed by atoms with Crippen LogP contribution in [0.5, 0.6) is 0 Å². The minimum atomic E-state index is 0.452. The molecule has 1 rings (SSSR count). The van der Waals surface area contributed by atoms with Gasteiger partial charge in [0.05, 0.1) is 0 Å². The summed E-state index contributed by atoms with van der Waals surface area (Å²) in [6.07, 6.45) is 0. The van der Waals surface area contributed by atoms with Crippen LogP contribution in [0.2, 0.25) is 0 Å². The Labute approximate surface area is 61.2 Å². The van der Waals surface area contributed by atoms with Crippen molar-refractivity contribution in [1.82, 2.24) is 4.90 Å². The highest BCUT2D eigenvalue weighted by Crippen LogP contribution is 1.99. The maximum absolute atomic E-state index is 5.09. The number of hydrogen-bond donors (Lipinski definition) is 0. The second kappa shape index (κ2) is 3.46. The van der Waals surface area contributed by atoms with Crippen molar-refractivity contribution in [2.45, 2.75) is 0 Å². The van der Waals surface area contributed by atoms with Gasteiger partial charge in [-0.1, -0.05) is 0 Å². The average Bonchev–Trinajstić information content (AvgIpc) is 1.84. The Morgan fingerprint density at radius 2 is 1.80 bits per heavy atom. The molecule has 58 valence electrons. The third-order valence-electron chi connectivity index (χ3n) is 1.47. The van der Waals surface area contributed by atoms with Crippen molar-refractivity contribution in [3.05, 3.63) is 12.5 Å². The van der Waals surface area contributed by atoms with E-state index in [1.165, 1.54) is 0 Å². The van der Waals surface area contributed by atoms with E-state index in [1.54, 1.807) is 0 Å². The largest absolute Gasteiger partial charge is 0.465 e. The zero-order valence-electron chi connectivity index (χ0n) is 6.30. The van der Waals surface area contributed by atoms with E-state index < -0.39 is 0 Å². The molecule has 0 aromatic heterocycles. The number of ether oxygens (including phenoxy) is 2. The van der Waals surface area contributed by atoms with Crippen molar-refractivity contribution in [2.75, 3.05) is 33.4 Å². The summed E-state index contributed by atoms with van der Waals surface area (Å²) >= 11 is 0. The van der Waals surface area contributed by atoms with Crippen LogP contribution in [0.25, 0.3) is 0 Å². The van der Waals surface area contributed by atoms with Crippen LogP contribution in [0.3, 0.4) is 0 Å². The van der Waals surface area contributed by atoms with E-state index in [9.17, 15) is 0 Å². The molecule has 1 aliphatic heterocycles. The van der Waals surface area contributed by atoms with Crippen LogP contribution in [-0.4, -0.2) is 38.3 Å². The molecule has 0 atom stereocenters. The lowest BCUT2D eigenvalue weighted by Gasteiger charge is -2.21. The molecule has 3 heteroatoms. The number of nitrogens with zero attached hydrogens (tertiary/aromatic N) is 1. The van der Waals surface area contributed by atoms with Gasteiger partial charge < -0.3 is 9.47 Å². The fraction of sp³-hybridized carbons (Fsp3) is 0.714. The topological polar surface area (TPSA) is 21.7 Å². The molecule has 1 heterocycles. The minimum absolute atomic E-state index is 0.452. The molecular formula is C7H13NO2. The third-order valence-corrected chi connectivity index (χ3v) is 1.47. The molecule has 10 heavy (non-hydrogen) atoms. The predicted molar refractivity (Wildman–Crippen MR) is 38.5 cm³/mol. The van der Waals surface area contributed by atoms with E-state index in [1.807, 2.05) is 7.05 Å². The Hall–Kier alpha value is -0.700. The fourth-order valence-electron chi connectivity index (χ4n) is 0.784. The van der Waals surface area contributed by atoms with E-state index in [0.717, 1.165) is 13.1 Å². The van der Waals surface area contributed by atoms with Gasteiger partial charge in [0, 0.05) is 13.1 Å². The summed E-state index contributed by atoms with van der Waals surface area (Å²) in [4.78, 5) is 2.16. The average molecular weight is 143 g/mol. The first-order valence-corrected chi connectivity index (χ1v) is 3.42. The van der Waals surface area contributed by atoms with Crippen molar-refractivity contribution >= 4 is 0 Å². The summed E-state index contributed by atoms with van der Waals surface area (Å²) in [5.41, 5.74) is 0. The van der Waals surface area contributed by atoms with Crippen LogP contribution < -0.4 is 0 Å². The second-order valence-corrected chi connectivity index (χ2v) is 2.37. The minimum Gasteiger partial charge on any atom is -0.465 e. The lowest BCUT2D eigenvalue weighted by molar-refractivity contribution is 0.00157. The molecule has 0 spiro atoms. The molecule has 1 saturated heterocycles. The van der Waals surface area contributed by atoms with E-state index in [4.69, 9.17) is 9.47 Å². The molecule has 0 saturated carbocycles. The van der Waals surface area contributed by atoms with Crippen LogP contribution in [0, 0.1) is 0 Å². The van der Waals surface area contributed by atoms with Crippen LogP contribution >= 0.6 is 0 Å². The first-order valence-electron chi connectivity index (χ1n) is 3.42. The van der Waals surface area contributed by atoms with Crippen molar-refractivity contribution in [3.63, 3.8) is 0 Å². The highest BCUT2D eigenvalue weighted by Gasteiger charge is 2.04. The Balaban J connectivity index is 2.27. The molecule has 1 aliphatic rings. The van der Waals surface area contributed by atoms with Crippen LogP contribution in [0.1, 0.15) is 0 Å².